The van der Waals surface area contributed by atoms with Crippen LogP contribution in [0.25, 0.3) is 11.1 Å². The Kier molecular flexibility index (Phi) is 6.24. The van der Waals surface area contributed by atoms with E-state index in [9.17, 15) is 14.7 Å². The number of hydrogen-bond acceptors (Lipinski definition) is 4. The van der Waals surface area contributed by atoms with Gasteiger partial charge in [0.2, 0.25) is 5.91 Å². The molecule has 0 radical (unpaired) electrons. The van der Waals surface area contributed by atoms with Crippen LogP contribution in [-0.2, 0) is 11.3 Å². The Morgan fingerprint density at radius 3 is 2.41 bits per heavy atom. The number of nitrogens with one attached hydrogen (secondary N) is 1. The molecule has 6 nitrogen and oxygen atoms in total. The van der Waals surface area contributed by atoms with E-state index in [1.54, 1.807) is 50.6 Å². The van der Waals surface area contributed by atoms with Crippen LogP contribution in [0.5, 0.6) is 5.75 Å². The smallest absolute Gasteiger partial charge is 0.251 e. The molecule has 1 aromatic heterocycles. The van der Waals surface area contributed by atoms with Crippen LogP contribution in [-0.4, -0.2) is 29.0 Å². The van der Waals surface area contributed by atoms with Crippen LogP contribution < -0.4 is 10.2 Å². The number of rotatable bonds is 6. The zero-order chi connectivity index (χ0) is 20.8. The van der Waals surface area contributed by atoms with Crippen molar-refractivity contribution in [1.29, 1.82) is 0 Å². The molecule has 0 saturated heterocycles. The van der Waals surface area contributed by atoms with Crippen molar-refractivity contribution in [3.05, 3.63) is 78.1 Å². The number of hydrogen-bond donors (Lipinski definition) is 2. The predicted octanol–water partition coefficient (Wildman–Crippen LogP) is 3.76. The summed E-state index contributed by atoms with van der Waals surface area (Å²) < 4.78 is 0. The molecule has 0 aliphatic rings. The predicted molar refractivity (Wildman–Crippen MR) is 113 cm³/mol. The SMILES string of the molecule is CCC(=O)N(C)c1ccc(-c2ccc(C(=O)NCc3cccnc3)cc2)cc1O. The first-order chi connectivity index (χ1) is 14.0. The van der Waals surface area contributed by atoms with Crippen molar-refractivity contribution < 1.29 is 14.7 Å². The Hall–Kier alpha value is -3.67. The van der Waals surface area contributed by atoms with Crippen LogP contribution in [0, 0.1) is 0 Å². The van der Waals surface area contributed by atoms with Gasteiger partial charge in [-0.25, -0.2) is 0 Å². The topological polar surface area (TPSA) is 82.5 Å². The van der Waals surface area contributed by atoms with Crippen LogP contribution in [0.15, 0.2) is 67.0 Å². The molecule has 0 bridgehead atoms. The molecule has 0 spiro atoms. The van der Waals surface area contributed by atoms with E-state index < -0.39 is 0 Å². The normalized spacial score (nSPS) is 10.4. The zero-order valence-corrected chi connectivity index (χ0v) is 16.4. The maximum atomic E-state index is 12.3. The van der Waals surface area contributed by atoms with Gasteiger partial charge >= 0.3 is 0 Å². The molecular weight excluding hydrogens is 366 g/mol. The van der Waals surface area contributed by atoms with E-state index in [1.807, 2.05) is 30.3 Å². The van der Waals surface area contributed by atoms with Crippen LogP contribution >= 0.6 is 0 Å². The Bertz CT molecular complexity index is 1000. The van der Waals surface area contributed by atoms with Crippen LogP contribution in [0.3, 0.4) is 0 Å². The van der Waals surface area contributed by atoms with Gasteiger partial charge in [-0.1, -0.05) is 31.2 Å². The lowest BCUT2D eigenvalue weighted by molar-refractivity contribution is -0.118. The molecule has 1 heterocycles. The highest BCUT2D eigenvalue weighted by Crippen LogP contribution is 2.32. The van der Waals surface area contributed by atoms with E-state index in [1.165, 1.54) is 4.90 Å². The van der Waals surface area contributed by atoms with E-state index >= 15 is 0 Å². The fourth-order valence-corrected chi connectivity index (χ4v) is 2.96. The van der Waals surface area contributed by atoms with Gasteiger partial charge in [-0.3, -0.25) is 14.6 Å². The summed E-state index contributed by atoms with van der Waals surface area (Å²) in [4.78, 5) is 29.6. The summed E-state index contributed by atoms with van der Waals surface area (Å²) in [5, 5.41) is 13.2. The Morgan fingerprint density at radius 1 is 1.07 bits per heavy atom. The second-order valence-corrected chi connectivity index (χ2v) is 6.63. The van der Waals surface area contributed by atoms with Crippen molar-refractivity contribution in [2.24, 2.45) is 0 Å². The molecule has 29 heavy (non-hydrogen) atoms. The van der Waals surface area contributed by atoms with E-state index in [2.05, 4.69) is 10.3 Å². The Labute approximate surface area is 169 Å². The summed E-state index contributed by atoms with van der Waals surface area (Å²) in [6.45, 7) is 2.19. The van der Waals surface area contributed by atoms with Gasteiger partial charge in [0.05, 0.1) is 5.69 Å². The third kappa shape index (κ3) is 4.79. The molecule has 3 rings (SSSR count). The van der Waals surface area contributed by atoms with E-state index in [0.717, 1.165) is 16.7 Å². The Morgan fingerprint density at radius 2 is 1.79 bits per heavy atom. The average Bonchev–Trinajstić information content (AvgIpc) is 2.77. The first kappa shape index (κ1) is 20.1. The highest BCUT2D eigenvalue weighted by Gasteiger charge is 2.14. The van der Waals surface area contributed by atoms with Crippen LogP contribution in [0.4, 0.5) is 5.69 Å². The number of amides is 2. The van der Waals surface area contributed by atoms with E-state index in [-0.39, 0.29) is 17.6 Å². The minimum Gasteiger partial charge on any atom is -0.506 e. The highest BCUT2D eigenvalue weighted by atomic mass is 16.3. The number of benzene rings is 2. The largest absolute Gasteiger partial charge is 0.506 e. The zero-order valence-electron chi connectivity index (χ0n) is 16.4. The van der Waals surface area contributed by atoms with Gasteiger partial charge < -0.3 is 15.3 Å². The average molecular weight is 389 g/mol. The molecule has 2 aromatic carbocycles. The van der Waals surface area contributed by atoms with Gasteiger partial charge in [0.25, 0.3) is 5.91 Å². The van der Waals surface area contributed by atoms with Gasteiger partial charge in [-0.2, -0.15) is 0 Å². The molecule has 0 aliphatic heterocycles. The summed E-state index contributed by atoms with van der Waals surface area (Å²) in [5.41, 5.74) is 3.60. The van der Waals surface area contributed by atoms with Gasteiger partial charge in [-0.15, -0.1) is 0 Å². The molecule has 0 fully saturated rings. The van der Waals surface area contributed by atoms with Crippen molar-refractivity contribution >= 4 is 17.5 Å². The minimum atomic E-state index is -0.168. The lowest BCUT2D eigenvalue weighted by atomic mass is 10.0. The standard InChI is InChI=1S/C23H23N3O3/c1-3-22(28)26(2)20-11-10-19(13-21(20)27)17-6-8-18(9-7-17)23(29)25-15-16-5-4-12-24-14-16/h4-14,27H,3,15H2,1-2H3,(H,25,29). The second kappa shape index (κ2) is 9.01. The lowest BCUT2D eigenvalue weighted by Gasteiger charge is -2.18. The number of aromatic hydroxyl groups is 1. The molecular formula is C23H23N3O3. The molecule has 3 aromatic rings. The molecule has 0 saturated carbocycles. The summed E-state index contributed by atoms with van der Waals surface area (Å²) in [6.07, 6.45) is 3.76. The van der Waals surface area contributed by atoms with Crippen molar-refractivity contribution in [3.63, 3.8) is 0 Å². The third-order valence-electron chi connectivity index (χ3n) is 4.67. The number of phenols is 1. The van der Waals surface area contributed by atoms with Gasteiger partial charge in [-0.05, 0) is 47.0 Å². The molecule has 0 aliphatic carbocycles. The maximum absolute atomic E-state index is 12.3. The fraction of sp³-hybridized carbons (Fsp3) is 0.174. The van der Waals surface area contributed by atoms with Gasteiger partial charge in [0.15, 0.2) is 0 Å². The van der Waals surface area contributed by atoms with Crippen molar-refractivity contribution in [1.82, 2.24) is 10.3 Å². The number of pyridine rings is 1. The number of anilines is 1. The summed E-state index contributed by atoms with van der Waals surface area (Å²) >= 11 is 0. The lowest BCUT2D eigenvalue weighted by Crippen LogP contribution is -2.25. The first-order valence-corrected chi connectivity index (χ1v) is 9.36. The fourth-order valence-electron chi connectivity index (χ4n) is 2.96. The number of aromatic nitrogens is 1. The number of phenolic OH excluding ortho intramolecular Hbond substituents is 1. The van der Waals surface area contributed by atoms with Crippen molar-refractivity contribution in [2.75, 3.05) is 11.9 Å². The Balaban J connectivity index is 1.70. The highest BCUT2D eigenvalue weighted by molar-refractivity contribution is 5.95. The minimum absolute atomic E-state index is 0.0325. The monoisotopic (exact) mass is 389 g/mol. The van der Waals surface area contributed by atoms with Crippen LogP contribution in [0.2, 0.25) is 0 Å². The molecule has 6 heteroatoms. The molecule has 2 N–H and O–H groups in total. The number of nitrogens with zero attached hydrogens (tertiary/aromatic N) is 2. The van der Waals surface area contributed by atoms with Gasteiger partial charge in [0.1, 0.15) is 5.75 Å². The number of carbonyl (C=O) groups is 2. The van der Waals surface area contributed by atoms with Crippen molar-refractivity contribution in [3.8, 4) is 16.9 Å². The van der Waals surface area contributed by atoms with Crippen LogP contribution in [0.1, 0.15) is 29.3 Å². The van der Waals surface area contributed by atoms with E-state index in [4.69, 9.17) is 0 Å². The van der Waals surface area contributed by atoms with Crippen molar-refractivity contribution in [2.45, 2.75) is 19.9 Å². The first-order valence-electron chi connectivity index (χ1n) is 9.36. The number of carbonyl (C=O) groups excluding carboxylic acids is 2. The summed E-state index contributed by atoms with van der Waals surface area (Å²) in [5.74, 6) is -0.210. The molecule has 0 unspecified atom stereocenters. The summed E-state index contributed by atoms with van der Waals surface area (Å²) in [6, 6.07) is 16.0. The molecule has 0 atom stereocenters. The maximum Gasteiger partial charge on any atom is 0.251 e. The van der Waals surface area contributed by atoms with E-state index in [0.29, 0.717) is 24.2 Å². The molecule has 148 valence electrons. The van der Waals surface area contributed by atoms with Gasteiger partial charge in [0, 0.05) is 38.0 Å². The molecule has 2 amide bonds. The quantitative estimate of drug-likeness (QED) is 0.673. The second-order valence-electron chi connectivity index (χ2n) is 6.63. The summed E-state index contributed by atoms with van der Waals surface area (Å²) in [7, 11) is 1.64. The third-order valence-corrected chi connectivity index (χ3v) is 4.67.